The maximum Gasteiger partial charge on any atom is 0.384 e. The largest absolute Gasteiger partial charge is 0.459 e. The summed E-state index contributed by atoms with van der Waals surface area (Å²) in [7, 11) is 1.31. The fourth-order valence-electron chi connectivity index (χ4n) is 0.911. The average molecular weight is 208 g/mol. The molecule has 15 heavy (non-hydrogen) atoms. The van der Waals surface area contributed by atoms with Crippen LogP contribution in [0.25, 0.3) is 0 Å². The second-order valence-corrected chi connectivity index (χ2v) is 3.05. The van der Waals surface area contributed by atoms with Crippen LogP contribution in [-0.4, -0.2) is 18.9 Å². The van der Waals surface area contributed by atoms with Gasteiger partial charge in [-0.05, 0) is 32.3 Å². The molecule has 0 fully saturated rings. The fourth-order valence-corrected chi connectivity index (χ4v) is 0.911. The smallest absolute Gasteiger partial charge is 0.384 e. The Morgan fingerprint density at radius 2 is 2.07 bits per heavy atom. The molecule has 0 saturated carbocycles. The average Bonchev–Trinajstić information content (AvgIpc) is 2.21. The van der Waals surface area contributed by atoms with Crippen LogP contribution in [0.15, 0.2) is 12.2 Å². The highest BCUT2D eigenvalue weighted by atomic mass is 16.5. The summed E-state index contributed by atoms with van der Waals surface area (Å²) in [6, 6.07) is 0. The summed E-state index contributed by atoms with van der Waals surface area (Å²) in [6.07, 6.45) is 6.88. The third-order valence-corrected chi connectivity index (χ3v) is 1.65. The Balaban J connectivity index is 3.42. The highest BCUT2D eigenvalue weighted by molar-refractivity contribution is 5.88. The van der Waals surface area contributed by atoms with Crippen LogP contribution in [0.2, 0.25) is 0 Å². The first-order valence-corrected chi connectivity index (χ1v) is 4.90. The molecule has 0 aromatic rings. The van der Waals surface area contributed by atoms with Crippen LogP contribution in [0.4, 0.5) is 0 Å². The maximum atomic E-state index is 10.6. The molecule has 3 heteroatoms. The summed E-state index contributed by atoms with van der Waals surface area (Å²) in [5.41, 5.74) is 0. The van der Waals surface area contributed by atoms with Gasteiger partial charge in [-0.3, -0.25) is 4.79 Å². The Kier molecular flexibility index (Phi) is 8.08. The Hall–Kier alpha value is -1.56. The summed E-state index contributed by atoms with van der Waals surface area (Å²) in [4.78, 5) is 21.1. The van der Waals surface area contributed by atoms with E-state index >= 15 is 0 Å². The van der Waals surface area contributed by atoms with Gasteiger partial charge in [0.15, 0.2) is 5.78 Å². The van der Waals surface area contributed by atoms with Gasteiger partial charge in [-0.25, -0.2) is 4.79 Å². The summed E-state index contributed by atoms with van der Waals surface area (Å²) < 4.78 is 4.36. The zero-order chi connectivity index (χ0) is 11.5. The van der Waals surface area contributed by atoms with E-state index in [1.165, 1.54) is 14.0 Å². The van der Waals surface area contributed by atoms with Gasteiger partial charge < -0.3 is 4.74 Å². The number of carbonyl (C=O) groups excluding carboxylic acids is 2. The molecule has 3 nitrogen and oxygen atoms in total. The van der Waals surface area contributed by atoms with E-state index in [-0.39, 0.29) is 5.78 Å². The van der Waals surface area contributed by atoms with Gasteiger partial charge in [0.1, 0.15) is 0 Å². The molecule has 0 aliphatic rings. The second-order valence-electron chi connectivity index (χ2n) is 3.05. The number of esters is 1. The van der Waals surface area contributed by atoms with Crippen LogP contribution < -0.4 is 0 Å². The van der Waals surface area contributed by atoms with Gasteiger partial charge in [-0.1, -0.05) is 12.0 Å². The zero-order valence-electron chi connectivity index (χ0n) is 9.21. The molecule has 0 bridgehead atoms. The Morgan fingerprint density at radius 1 is 1.33 bits per heavy atom. The van der Waals surface area contributed by atoms with Crippen molar-refractivity contribution >= 4 is 11.8 Å². The number of unbranched alkanes of at least 4 members (excludes halogenated alkanes) is 3. The minimum atomic E-state index is -0.494. The lowest BCUT2D eigenvalue weighted by Gasteiger charge is -1.90. The van der Waals surface area contributed by atoms with E-state index in [0.717, 1.165) is 19.3 Å². The molecule has 0 aliphatic heterocycles. The molecule has 82 valence electrons. The van der Waals surface area contributed by atoms with Crippen LogP contribution >= 0.6 is 0 Å². The number of hydrogen-bond donors (Lipinski definition) is 0. The number of ether oxygens (including phenoxy) is 1. The molecule has 0 amide bonds. The van der Waals surface area contributed by atoms with Crippen LogP contribution in [0, 0.1) is 11.8 Å². The first-order valence-electron chi connectivity index (χ1n) is 4.90. The van der Waals surface area contributed by atoms with E-state index in [2.05, 4.69) is 16.6 Å². The molecule has 0 saturated heterocycles. The monoisotopic (exact) mass is 208 g/mol. The molecule has 0 radical (unpaired) electrons. The second kappa shape index (κ2) is 9.01. The SMILES string of the molecule is COC(=O)C#CCCCC/C=C/C(C)=O. The minimum absolute atomic E-state index is 0.0699. The highest BCUT2D eigenvalue weighted by Gasteiger charge is 1.89. The topological polar surface area (TPSA) is 43.4 Å². The first kappa shape index (κ1) is 13.4. The molecule has 0 spiro atoms. The summed E-state index contributed by atoms with van der Waals surface area (Å²) >= 11 is 0. The number of ketones is 1. The maximum absolute atomic E-state index is 10.6. The quantitative estimate of drug-likeness (QED) is 0.228. The Morgan fingerprint density at radius 3 is 2.67 bits per heavy atom. The molecule has 0 unspecified atom stereocenters. The lowest BCUT2D eigenvalue weighted by Crippen LogP contribution is -1.94. The standard InChI is InChI=1S/C12H16O3/c1-11(13)9-7-5-3-4-6-8-10-12(14)15-2/h7,9H,3-6H2,1-2H3/b9-7+. The van der Waals surface area contributed by atoms with Crippen molar-refractivity contribution in [2.75, 3.05) is 7.11 Å². The van der Waals surface area contributed by atoms with Gasteiger partial charge in [0, 0.05) is 12.3 Å². The van der Waals surface area contributed by atoms with Gasteiger partial charge in [-0.15, -0.1) is 0 Å². The number of allylic oxidation sites excluding steroid dienone is 2. The molecule has 0 aromatic heterocycles. The van der Waals surface area contributed by atoms with E-state index in [1.54, 1.807) is 6.08 Å². The van der Waals surface area contributed by atoms with Crippen molar-refractivity contribution < 1.29 is 14.3 Å². The minimum Gasteiger partial charge on any atom is -0.459 e. The molecule has 0 aliphatic carbocycles. The van der Waals surface area contributed by atoms with Crippen molar-refractivity contribution in [1.82, 2.24) is 0 Å². The van der Waals surface area contributed by atoms with Crippen LogP contribution in [0.1, 0.15) is 32.6 Å². The molecule has 0 rings (SSSR count). The van der Waals surface area contributed by atoms with Gasteiger partial charge in [0.25, 0.3) is 0 Å². The third kappa shape index (κ3) is 10.4. The molecule has 0 aromatic carbocycles. The van der Waals surface area contributed by atoms with E-state index in [0.29, 0.717) is 6.42 Å². The van der Waals surface area contributed by atoms with Crippen LogP contribution in [-0.2, 0) is 14.3 Å². The van der Waals surface area contributed by atoms with Crippen molar-refractivity contribution in [3.05, 3.63) is 12.2 Å². The number of carbonyl (C=O) groups is 2. The molecule has 0 N–H and O–H groups in total. The predicted octanol–water partition coefficient (Wildman–Crippen LogP) is 1.87. The summed E-state index contributed by atoms with van der Waals surface area (Å²) in [5.74, 6) is 4.65. The molecular weight excluding hydrogens is 192 g/mol. The van der Waals surface area contributed by atoms with Gasteiger partial charge >= 0.3 is 5.97 Å². The van der Waals surface area contributed by atoms with E-state index in [4.69, 9.17) is 0 Å². The Bertz CT molecular complexity index is 292. The first-order chi connectivity index (χ1) is 7.16. The highest BCUT2D eigenvalue weighted by Crippen LogP contribution is 1.99. The van der Waals surface area contributed by atoms with Crippen molar-refractivity contribution in [3.8, 4) is 11.8 Å². The van der Waals surface area contributed by atoms with E-state index in [1.807, 2.05) is 6.08 Å². The van der Waals surface area contributed by atoms with E-state index < -0.39 is 5.97 Å². The van der Waals surface area contributed by atoms with Gasteiger partial charge in [0.05, 0.1) is 7.11 Å². The van der Waals surface area contributed by atoms with Crippen molar-refractivity contribution in [2.24, 2.45) is 0 Å². The molecule has 0 heterocycles. The predicted molar refractivity (Wildman–Crippen MR) is 58.1 cm³/mol. The van der Waals surface area contributed by atoms with Crippen molar-refractivity contribution in [3.63, 3.8) is 0 Å². The normalized spacial score (nSPS) is 9.47. The van der Waals surface area contributed by atoms with Crippen molar-refractivity contribution in [2.45, 2.75) is 32.6 Å². The lowest BCUT2D eigenvalue weighted by atomic mass is 10.2. The van der Waals surface area contributed by atoms with Crippen molar-refractivity contribution in [1.29, 1.82) is 0 Å². The van der Waals surface area contributed by atoms with E-state index in [9.17, 15) is 9.59 Å². The molecular formula is C12H16O3. The van der Waals surface area contributed by atoms with Crippen LogP contribution in [0.3, 0.4) is 0 Å². The Labute approximate surface area is 90.5 Å². The van der Waals surface area contributed by atoms with Gasteiger partial charge in [-0.2, -0.15) is 0 Å². The zero-order valence-corrected chi connectivity index (χ0v) is 9.21. The summed E-state index contributed by atoms with van der Waals surface area (Å²) in [5, 5.41) is 0. The lowest BCUT2D eigenvalue weighted by molar-refractivity contribution is -0.133. The van der Waals surface area contributed by atoms with Gasteiger partial charge in [0.2, 0.25) is 0 Å². The molecule has 0 atom stereocenters. The third-order valence-electron chi connectivity index (χ3n) is 1.65. The number of hydrogen-bond acceptors (Lipinski definition) is 3. The summed E-state index contributed by atoms with van der Waals surface area (Å²) in [6.45, 7) is 1.53. The number of rotatable bonds is 5. The number of methoxy groups -OCH3 is 1. The fraction of sp³-hybridized carbons (Fsp3) is 0.500. The van der Waals surface area contributed by atoms with Crippen LogP contribution in [0.5, 0.6) is 0 Å².